The number of fused-ring (bicyclic) bond motifs is 1. The number of nitrogens with zero attached hydrogens (tertiary/aromatic N) is 9. The topological polar surface area (TPSA) is 158 Å². The molecule has 6 aromatic rings. The number of aromatic nitrogens is 7. The van der Waals surface area contributed by atoms with E-state index in [4.69, 9.17) is 0 Å². The van der Waals surface area contributed by atoms with Crippen LogP contribution in [-0.2, 0) is 18.7 Å². The molecule has 0 saturated carbocycles. The minimum Gasteiger partial charge on any atom is -0.368 e. The second-order valence-corrected chi connectivity index (χ2v) is 17.1. The number of imidazole rings is 1. The number of aromatic amines is 1. The second kappa shape index (κ2) is 20.0. The predicted molar refractivity (Wildman–Crippen MR) is 234 cm³/mol. The van der Waals surface area contributed by atoms with Crippen molar-refractivity contribution in [2.45, 2.75) is 69.0 Å². The molecule has 7 rings (SSSR count). The highest BCUT2D eigenvalue weighted by molar-refractivity contribution is 8.00. The maximum atomic E-state index is 13.0. The van der Waals surface area contributed by atoms with E-state index >= 15 is 0 Å². The van der Waals surface area contributed by atoms with E-state index in [1.54, 1.807) is 41.4 Å². The van der Waals surface area contributed by atoms with Crippen LogP contribution in [0.5, 0.6) is 0 Å². The Balaban J connectivity index is 0.741. The summed E-state index contributed by atoms with van der Waals surface area (Å²) in [5.74, 6) is 0.493. The van der Waals surface area contributed by atoms with E-state index in [9.17, 15) is 14.4 Å². The zero-order chi connectivity index (χ0) is 41.1. The van der Waals surface area contributed by atoms with Crippen LogP contribution in [0.1, 0.15) is 81.6 Å². The summed E-state index contributed by atoms with van der Waals surface area (Å²) < 4.78 is 2.76. The number of carbonyl (C=O) groups is 2. The first kappa shape index (κ1) is 41.7. The lowest BCUT2D eigenvalue weighted by Gasteiger charge is -2.36. The number of anilines is 1. The minimum absolute atomic E-state index is 0.0456. The number of hydrogen-bond acceptors (Lipinski definition) is 12. The summed E-state index contributed by atoms with van der Waals surface area (Å²) >= 11 is 2.94. The Kier molecular flexibility index (Phi) is 14.1. The predicted octanol–water partition coefficient (Wildman–Crippen LogP) is 6.29. The summed E-state index contributed by atoms with van der Waals surface area (Å²) in [6.45, 7) is 9.57. The Morgan fingerprint density at radius 3 is 2.51 bits per heavy atom. The van der Waals surface area contributed by atoms with Crippen molar-refractivity contribution in [2.24, 2.45) is 0 Å². The highest BCUT2D eigenvalue weighted by Gasteiger charge is 2.20. The van der Waals surface area contributed by atoms with Gasteiger partial charge in [-0.3, -0.25) is 24.3 Å². The number of amides is 2. The number of pyridine rings is 3. The Morgan fingerprint density at radius 1 is 0.932 bits per heavy atom. The van der Waals surface area contributed by atoms with Crippen molar-refractivity contribution in [1.82, 2.24) is 49.8 Å². The minimum atomic E-state index is -0.161. The average molecular weight is 834 g/mol. The van der Waals surface area contributed by atoms with Gasteiger partial charge in [0.1, 0.15) is 5.69 Å². The standard InChI is InChI=1S/C43H51N11O3S2/c1-4-32-24-37-38(48-39(32)55)23-31(25-46-37)27-52-18-20-53(21-19-52)35-12-13-36(47-26-35)40(56)45-14-8-6-5-7-9-16-51(3)42(57)41-49-50-43(59-41)58-28-33-10-11-34(22-30(33)2)54-17-15-44-29-54/h10-13,15,17,22-26,29H,4-9,14,16,18-21,27-28H2,1-3H3,(H,45,56)(H,48,55). The van der Waals surface area contributed by atoms with Crippen molar-refractivity contribution >= 4 is 51.6 Å². The van der Waals surface area contributed by atoms with Crippen LogP contribution in [0.3, 0.4) is 0 Å². The van der Waals surface area contributed by atoms with E-state index in [1.807, 2.05) is 49.1 Å². The van der Waals surface area contributed by atoms with Crippen molar-refractivity contribution in [3.8, 4) is 5.69 Å². The van der Waals surface area contributed by atoms with Crippen molar-refractivity contribution < 1.29 is 9.59 Å². The number of carbonyl (C=O) groups excluding carboxylic acids is 2. The summed E-state index contributed by atoms with van der Waals surface area (Å²) in [6.07, 6.45) is 14.7. The number of H-pyrrole nitrogens is 1. The van der Waals surface area contributed by atoms with Gasteiger partial charge in [0.05, 0.1) is 29.2 Å². The highest BCUT2D eigenvalue weighted by Crippen LogP contribution is 2.28. The number of hydrogen-bond donors (Lipinski definition) is 2. The van der Waals surface area contributed by atoms with Crippen LogP contribution in [0.4, 0.5) is 5.69 Å². The molecule has 6 heterocycles. The zero-order valence-electron chi connectivity index (χ0n) is 33.9. The van der Waals surface area contributed by atoms with Gasteiger partial charge in [0.2, 0.25) is 5.01 Å². The van der Waals surface area contributed by atoms with E-state index < -0.39 is 0 Å². The molecule has 59 heavy (non-hydrogen) atoms. The molecule has 2 amide bonds. The molecule has 0 bridgehead atoms. The number of rotatable bonds is 18. The smallest absolute Gasteiger partial charge is 0.284 e. The molecule has 1 aliphatic rings. The van der Waals surface area contributed by atoms with Crippen LogP contribution < -0.4 is 15.8 Å². The summed E-state index contributed by atoms with van der Waals surface area (Å²) in [5.41, 5.74) is 8.27. The fourth-order valence-corrected chi connectivity index (χ4v) is 9.04. The Bertz CT molecular complexity index is 2390. The molecule has 0 spiro atoms. The fourth-order valence-electron chi connectivity index (χ4n) is 7.12. The number of piperazine rings is 1. The van der Waals surface area contributed by atoms with Crippen LogP contribution in [0.15, 0.2) is 82.7 Å². The van der Waals surface area contributed by atoms with E-state index in [0.717, 1.165) is 108 Å². The lowest BCUT2D eigenvalue weighted by molar-refractivity contribution is 0.0791. The van der Waals surface area contributed by atoms with E-state index in [-0.39, 0.29) is 17.4 Å². The third-order valence-corrected chi connectivity index (χ3v) is 12.8. The molecular weight excluding hydrogens is 783 g/mol. The molecule has 308 valence electrons. The van der Waals surface area contributed by atoms with Crippen LogP contribution >= 0.6 is 23.1 Å². The van der Waals surface area contributed by atoms with Gasteiger partial charge in [0.15, 0.2) is 4.34 Å². The van der Waals surface area contributed by atoms with E-state index in [1.165, 1.54) is 22.5 Å². The molecule has 0 atom stereocenters. The van der Waals surface area contributed by atoms with Crippen LogP contribution in [0.25, 0.3) is 16.7 Å². The molecular formula is C43H51N11O3S2. The first-order valence-corrected chi connectivity index (χ1v) is 22.1. The van der Waals surface area contributed by atoms with Crippen molar-refractivity contribution in [2.75, 3.05) is 51.2 Å². The van der Waals surface area contributed by atoms with Crippen molar-refractivity contribution in [1.29, 1.82) is 0 Å². The molecule has 5 aromatic heterocycles. The molecule has 0 unspecified atom stereocenters. The fraction of sp³-hybridized carbons (Fsp3) is 0.395. The van der Waals surface area contributed by atoms with Gasteiger partial charge in [0.25, 0.3) is 17.4 Å². The molecule has 2 N–H and O–H groups in total. The summed E-state index contributed by atoms with van der Waals surface area (Å²) in [4.78, 5) is 60.6. The molecule has 0 aliphatic carbocycles. The highest BCUT2D eigenvalue weighted by atomic mass is 32.2. The van der Waals surface area contributed by atoms with Gasteiger partial charge in [-0.1, -0.05) is 55.4 Å². The summed E-state index contributed by atoms with van der Waals surface area (Å²) in [7, 11) is 1.82. The second-order valence-electron chi connectivity index (χ2n) is 14.9. The van der Waals surface area contributed by atoms with Crippen LogP contribution in [0.2, 0.25) is 0 Å². The summed E-state index contributed by atoms with van der Waals surface area (Å²) in [5, 5.41) is 11.9. The maximum absolute atomic E-state index is 13.0. The van der Waals surface area contributed by atoms with Gasteiger partial charge in [-0.25, -0.2) is 9.97 Å². The number of benzene rings is 1. The molecule has 14 nitrogen and oxygen atoms in total. The number of aryl methyl sites for hydroxylation is 2. The van der Waals surface area contributed by atoms with Gasteiger partial charge >= 0.3 is 0 Å². The normalized spacial score (nSPS) is 13.2. The van der Waals surface area contributed by atoms with Gasteiger partial charge in [-0.05, 0) is 79.3 Å². The van der Waals surface area contributed by atoms with Gasteiger partial charge in [-0.15, -0.1) is 10.2 Å². The third-order valence-electron chi connectivity index (χ3n) is 10.7. The molecule has 1 aliphatic heterocycles. The van der Waals surface area contributed by atoms with E-state index in [2.05, 4.69) is 70.4 Å². The first-order chi connectivity index (χ1) is 28.7. The van der Waals surface area contributed by atoms with Gasteiger partial charge in [0, 0.05) is 88.5 Å². The SMILES string of the molecule is CCc1cc2ncc(CN3CCN(c4ccc(C(=O)NCCCCCCCN(C)C(=O)c5nnc(SCc6ccc(-n7ccnc7)cc6C)s5)nc4)CC3)cc2[nH]c1=O. The number of nitrogens with one attached hydrogen (secondary N) is 2. The Labute approximate surface area is 352 Å². The molecule has 1 saturated heterocycles. The lowest BCUT2D eigenvalue weighted by Crippen LogP contribution is -2.46. The molecule has 1 fully saturated rings. The average Bonchev–Trinajstić information content (AvgIpc) is 3.98. The third kappa shape index (κ3) is 11.0. The van der Waals surface area contributed by atoms with Crippen molar-refractivity contribution in [3.05, 3.63) is 117 Å². The lowest BCUT2D eigenvalue weighted by atomic mass is 10.1. The first-order valence-electron chi connectivity index (χ1n) is 20.3. The zero-order valence-corrected chi connectivity index (χ0v) is 35.5. The quantitative estimate of drug-likeness (QED) is 0.0741. The summed E-state index contributed by atoms with van der Waals surface area (Å²) in [6, 6.07) is 14.0. The maximum Gasteiger partial charge on any atom is 0.284 e. The Hall–Kier alpha value is -5.45. The molecule has 16 heteroatoms. The Morgan fingerprint density at radius 2 is 1.75 bits per heavy atom. The van der Waals surface area contributed by atoms with E-state index in [0.29, 0.717) is 30.2 Å². The molecule has 0 radical (unpaired) electrons. The molecule has 1 aromatic carbocycles. The van der Waals surface area contributed by atoms with Crippen LogP contribution in [-0.4, -0.2) is 103 Å². The number of unbranched alkanes of at least 4 members (excludes halogenated alkanes) is 4. The van der Waals surface area contributed by atoms with Crippen molar-refractivity contribution in [3.63, 3.8) is 0 Å². The monoisotopic (exact) mass is 833 g/mol. The number of thioether (sulfide) groups is 1. The van der Waals surface area contributed by atoms with Gasteiger partial charge in [-0.2, -0.15) is 0 Å². The van der Waals surface area contributed by atoms with Crippen LogP contribution in [0, 0.1) is 6.92 Å². The largest absolute Gasteiger partial charge is 0.368 e. The van der Waals surface area contributed by atoms with Gasteiger partial charge < -0.3 is 24.7 Å².